The third kappa shape index (κ3) is 4.71. The monoisotopic (exact) mass is 520 g/mol. The Labute approximate surface area is 215 Å². The van der Waals surface area contributed by atoms with Crippen LogP contribution in [-0.4, -0.2) is 22.7 Å². The molecular formula is C27H18Cl2N2O5. The summed E-state index contributed by atoms with van der Waals surface area (Å²) in [7, 11) is 0. The van der Waals surface area contributed by atoms with Crippen LogP contribution >= 0.6 is 23.2 Å². The molecule has 0 aliphatic carbocycles. The van der Waals surface area contributed by atoms with Crippen molar-refractivity contribution in [1.82, 2.24) is 10.2 Å². The van der Waals surface area contributed by atoms with Gasteiger partial charge in [-0.25, -0.2) is 4.79 Å². The lowest BCUT2D eigenvalue weighted by Crippen LogP contribution is -2.53. The van der Waals surface area contributed by atoms with Gasteiger partial charge in [0.1, 0.15) is 23.7 Å². The number of barbiturate groups is 1. The summed E-state index contributed by atoms with van der Waals surface area (Å²) >= 11 is 12.3. The van der Waals surface area contributed by atoms with Crippen molar-refractivity contribution in [3.63, 3.8) is 0 Å². The van der Waals surface area contributed by atoms with Crippen LogP contribution in [0.25, 0.3) is 16.8 Å². The Hall–Kier alpha value is -4.07. The molecule has 4 amide bonds. The molecule has 5 rings (SSSR count). The van der Waals surface area contributed by atoms with Gasteiger partial charge in [0.25, 0.3) is 11.8 Å². The number of imide groups is 2. The van der Waals surface area contributed by atoms with Gasteiger partial charge in [-0.3, -0.25) is 19.8 Å². The number of halogens is 2. The topological polar surface area (TPSA) is 88.9 Å². The van der Waals surface area contributed by atoms with Crippen LogP contribution < -0.4 is 10.1 Å². The van der Waals surface area contributed by atoms with Crippen molar-refractivity contribution in [2.45, 2.75) is 13.2 Å². The summed E-state index contributed by atoms with van der Waals surface area (Å²) in [4.78, 5) is 39.3. The van der Waals surface area contributed by atoms with Gasteiger partial charge in [0.15, 0.2) is 0 Å². The second-order valence-electron chi connectivity index (χ2n) is 8.01. The van der Waals surface area contributed by atoms with Gasteiger partial charge in [-0.1, -0.05) is 59.6 Å². The number of nitrogens with one attached hydrogen (secondary N) is 1. The van der Waals surface area contributed by atoms with E-state index in [1.807, 2.05) is 30.3 Å². The molecule has 1 aliphatic rings. The Balaban J connectivity index is 1.54. The van der Waals surface area contributed by atoms with E-state index in [2.05, 4.69) is 5.32 Å². The number of nitrogens with zero attached hydrogens (tertiary/aromatic N) is 1. The Kier molecular flexibility index (Phi) is 6.50. The maximum absolute atomic E-state index is 13.2. The Bertz CT molecular complexity index is 1530. The van der Waals surface area contributed by atoms with Gasteiger partial charge in [-0.05, 0) is 47.2 Å². The normalized spacial score (nSPS) is 15.0. The first-order chi connectivity index (χ1) is 17.4. The average Bonchev–Trinajstić information content (AvgIpc) is 3.37. The van der Waals surface area contributed by atoms with Crippen LogP contribution in [0.4, 0.5) is 4.79 Å². The lowest BCUT2D eigenvalue weighted by Gasteiger charge is -2.25. The van der Waals surface area contributed by atoms with E-state index in [0.717, 1.165) is 21.2 Å². The molecule has 1 aliphatic heterocycles. The highest BCUT2D eigenvalue weighted by Crippen LogP contribution is 2.32. The molecule has 180 valence electrons. The average molecular weight is 521 g/mol. The van der Waals surface area contributed by atoms with E-state index in [1.54, 1.807) is 36.4 Å². The van der Waals surface area contributed by atoms with Crippen LogP contribution in [0.5, 0.6) is 5.75 Å². The number of carbonyl (C=O) groups is 3. The number of hydrogen-bond donors (Lipinski definition) is 1. The summed E-state index contributed by atoms with van der Waals surface area (Å²) in [6.45, 7) is 0.0179. The van der Waals surface area contributed by atoms with Crippen LogP contribution in [0.15, 0.2) is 83.0 Å². The van der Waals surface area contributed by atoms with E-state index < -0.39 is 17.8 Å². The molecule has 0 bridgehead atoms. The van der Waals surface area contributed by atoms with E-state index in [0.29, 0.717) is 27.1 Å². The smallest absolute Gasteiger partial charge is 0.331 e. The molecule has 1 aromatic heterocycles. The zero-order chi connectivity index (χ0) is 25.2. The van der Waals surface area contributed by atoms with Gasteiger partial charge < -0.3 is 9.15 Å². The third-order valence-electron chi connectivity index (χ3n) is 5.70. The molecule has 1 saturated heterocycles. The number of fused-ring (bicyclic) bond motifs is 1. The number of ether oxygens (including phenoxy) is 1. The van der Waals surface area contributed by atoms with Crippen molar-refractivity contribution in [2.24, 2.45) is 0 Å². The highest BCUT2D eigenvalue weighted by molar-refractivity contribution is 6.35. The molecule has 2 heterocycles. The Morgan fingerprint density at radius 1 is 0.972 bits per heavy atom. The second-order valence-corrected chi connectivity index (χ2v) is 8.85. The van der Waals surface area contributed by atoms with E-state index in [9.17, 15) is 14.4 Å². The molecule has 7 nitrogen and oxygen atoms in total. The molecule has 0 unspecified atom stereocenters. The fourth-order valence-corrected chi connectivity index (χ4v) is 4.35. The molecule has 0 atom stereocenters. The molecular weight excluding hydrogens is 503 g/mol. The number of urea groups is 1. The lowest BCUT2D eigenvalue weighted by atomic mass is 9.99. The quantitative estimate of drug-likeness (QED) is 0.249. The van der Waals surface area contributed by atoms with Gasteiger partial charge in [0.2, 0.25) is 0 Å². The van der Waals surface area contributed by atoms with Crippen LogP contribution in [0.2, 0.25) is 10.0 Å². The van der Waals surface area contributed by atoms with Gasteiger partial charge >= 0.3 is 6.03 Å². The minimum atomic E-state index is -0.815. The van der Waals surface area contributed by atoms with Crippen molar-refractivity contribution in [3.8, 4) is 5.75 Å². The first kappa shape index (κ1) is 23.7. The number of hydrogen-bond acceptors (Lipinski definition) is 5. The standard InChI is InChI=1S/C27H18Cl2N2O5/c28-18-9-7-17(23(29)12-18)15-36-24-10-8-16-4-1-2-6-20(16)21(24)13-22-25(32)30-27(34)31(26(22)33)14-19-5-3-11-35-19/h1-13H,14-15H2,(H,30,32,34)/b22-13+. The van der Waals surface area contributed by atoms with E-state index in [4.69, 9.17) is 32.4 Å². The Morgan fingerprint density at radius 3 is 2.58 bits per heavy atom. The van der Waals surface area contributed by atoms with Crippen LogP contribution in [0.1, 0.15) is 16.9 Å². The fourth-order valence-electron chi connectivity index (χ4n) is 3.88. The van der Waals surface area contributed by atoms with Crippen LogP contribution in [0, 0.1) is 0 Å². The third-order valence-corrected chi connectivity index (χ3v) is 6.28. The molecule has 3 aromatic carbocycles. The predicted octanol–water partition coefficient (Wildman–Crippen LogP) is 5.98. The predicted molar refractivity (Wildman–Crippen MR) is 136 cm³/mol. The van der Waals surface area contributed by atoms with Crippen molar-refractivity contribution in [1.29, 1.82) is 0 Å². The summed E-state index contributed by atoms with van der Waals surface area (Å²) in [6.07, 6.45) is 2.89. The molecule has 1 N–H and O–H groups in total. The van der Waals surface area contributed by atoms with Gasteiger partial charge in [0.05, 0.1) is 12.8 Å². The highest BCUT2D eigenvalue weighted by Gasteiger charge is 2.36. The summed E-state index contributed by atoms with van der Waals surface area (Å²) in [5.41, 5.74) is 1.03. The number of rotatable bonds is 6. The lowest BCUT2D eigenvalue weighted by molar-refractivity contribution is -0.130. The SMILES string of the molecule is O=C1NC(=O)N(Cc2ccco2)C(=O)/C1=C/c1c(OCc2ccc(Cl)cc2Cl)ccc2ccccc12. The van der Waals surface area contributed by atoms with E-state index in [1.165, 1.54) is 12.3 Å². The number of furan rings is 1. The minimum absolute atomic E-state index is 0.115. The summed E-state index contributed by atoms with van der Waals surface area (Å²) < 4.78 is 11.4. The first-order valence-electron chi connectivity index (χ1n) is 10.9. The van der Waals surface area contributed by atoms with E-state index in [-0.39, 0.29) is 18.7 Å². The number of carbonyl (C=O) groups excluding carboxylic acids is 3. The van der Waals surface area contributed by atoms with Crippen LogP contribution in [0.3, 0.4) is 0 Å². The second kappa shape index (κ2) is 9.89. The van der Waals surface area contributed by atoms with Crippen molar-refractivity contribution in [3.05, 3.63) is 105 Å². The summed E-state index contributed by atoms with van der Waals surface area (Å²) in [5.74, 6) is -0.691. The maximum Gasteiger partial charge on any atom is 0.331 e. The van der Waals surface area contributed by atoms with Gasteiger partial charge in [-0.15, -0.1) is 0 Å². The zero-order valence-electron chi connectivity index (χ0n) is 18.7. The molecule has 4 aromatic rings. The Morgan fingerprint density at radius 2 is 1.81 bits per heavy atom. The zero-order valence-corrected chi connectivity index (χ0v) is 20.2. The summed E-state index contributed by atoms with van der Waals surface area (Å²) in [6, 6.07) is 18.7. The van der Waals surface area contributed by atoms with Crippen molar-refractivity contribution in [2.75, 3.05) is 0 Å². The molecule has 0 spiro atoms. The highest BCUT2D eigenvalue weighted by atomic mass is 35.5. The maximum atomic E-state index is 13.2. The molecule has 1 fully saturated rings. The molecule has 9 heteroatoms. The molecule has 0 radical (unpaired) electrons. The van der Waals surface area contributed by atoms with Crippen molar-refractivity contribution >= 4 is 57.9 Å². The van der Waals surface area contributed by atoms with E-state index >= 15 is 0 Å². The molecule has 36 heavy (non-hydrogen) atoms. The number of amides is 4. The van der Waals surface area contributed by atoms with Gasteiger partial charge in [-0.2, -0.15) is 0 Å². The fraction of sp³-hybridized carbons (Fsp3) is 0.0741. The van der Waals surface area contributed by atoms with Crippen molar-refractivity contribution < 1.29 is 23.5 Å². The number of benzene rings is 3. The largest absolute Gasteiger partial charge is 0.488 e. The molecule has 0 saturated carbocycles. The first-order valence-corrected chi connectivity index (χ1v) is 11.7. The minimum Gasteiger partial charge on any atom is -0.488 e. The van der Waals surface area contributed by atoms with Gasteiger partial charge in [0, 0.05) is 21.2 Å². The summed E-state index contributed by atoms with van der Waals surface area (Å²) in [5, 5.41) is 4.84. The van der Waals surface area contributed by atoms with Crippen LogP contribution in [-0.2, 0) is 22.7 Å².